The number of pyridine rings is 1. The van der Waals surface area contributed by atoms with Gasteiger partial charge in [-0.15, -0.1) is 0 Å². The highest BCUT2D eigenvalue weighted by Gasteiger charge is 2.29. The molecule has 3 heterocycles. The summed E-state index contributed by atoms with van der Waals surface area (Å²) in [6.45, 7) is 1.37. The average molecular weight is 322 g/mol. The van der Waals surface area contributed by atoms with Crippen LogP contribution in [0.5, 0.6) is 0 Å². The molecule has 1 fully saturated rings. The number of rotatable bonds is 5. The van der Waals surface area contributed by atoms with Crippen molar-refractivity contribution in [3.05, 3.63) is 60.4 Å². The van der Waals surface area contributed by atoms with Crippen molar-refractivity contribution in [2.24, 2.45) is 5.92 Å². The van der Waals surface area contributed by atoms with Gasteiger partial charge >= 0.3 is 0 Å². The molecule has 1 N–H and O–H groups in total. The molecule has 1 saturated heterocycles. The second kappa shape index (κ2) is 6.80. The maximum Gasteiger partial charge on any atom is 0.264 e. The van der Waals surface area contributed by atoms with E-state index in [1.165, 1.54) is 5.56 Å². The summed E-state index contributed by atoms with van der Waals surface area (Å²) in [4.78, 5) is 8.49. The van der Waals surface area contributed by atoms with Gasteiger partial charge < -0.3 is 14.6 Å². The summed E-state index contributed by atoms with van der Waals surface area (Å²) in [6, 6.07) is 14.0. The highest BCUT2D eigenvalue weighted by Crippen LogP contribution is 2.23. The molecule has 0 unspecified atom stereocenters. The largest absolute Gasteiger partial charge is 0.379 e. The number of nitrogens with one attached hydrogen (secondary N) is 1. The van der Waals surface area contributed by atoms with E-state index in [-0.39, 0.29) is 6.04 Å². The Bertz CT molecular complexity index is 776. The molecule has 0 aliphatic carbocycles. The van der Waals surface area contributed by atoms with E-state index in [0.29, 0.717) is 24.4 Å². The van der Waals surface area contributed by atoms with Crippen molar-refractivity contribution in [2.45, 2.75) is 12.5 Å². The van der Waals surface area contributed by atoms with E-state index in [4.69, 9.17) is 9.26 Å². The van der Waals surface area contributed by atoms with Crippen molar-refractivity contribution in [1.82, 2.24) is 15.1 Å². The Kier molecular flexibility index (Phi) is 4.20. The lowest BCUT2D eigenvalue weighted by Gasteiger charge is -2.17. The van der Waals surface area contributed by atoms with Crippen molar-refractivity contribution in [2.75, 3.05) is 18.5 Å². The molecule has 24 heavy (non-hydrogen) atoms. The summed E-state index contributed by atoms with van der Waals surface area (Å²) in [5.41, 5.74) is 2.17. The van der Waals surface area contributed by atoms with E-state index in [2.05, 4.69) is 20.4 Å². The van der Waals surface area contributed by atoms with Gasteiger partial charge in [0.2, 0.25) is 0 Å². The van der Waals surface area contributed by atoms with Gasteiger partial charge in [0, 0.05) is 23.9 Å². The Morgan fingerprint density at radius 2 is 1.88 bits per heavy atom. The van der Waals surface area contributed by atoms with Gasteiger partial charge in [0.05, 0.1) is 19.3 Å². The first-order chi connectivity index (χ1) is 11.9. The van der Waals surface area contributed by atoms with Gasteiger partial charge in [0.25, 0.3) is 11.8 Å². The summed E-state index contributed by atoms with van der Waals surface area (Å²) in [5.74, 6) is 1.39. The van der Waals surface area contributed by atoms with Crippen LogP contribution in [0, 0.1) is 5.92 Å². The lowest BCUT2D eigenvalue weighted by atomic mass is 9.95. The Morgan fingerprint density at radius 1 is 1.04 bits per heavy atom. The smallest absolute Gasteiger partial charge is 0.264 e. The molecule has 0 amide bonds. The quantitative estimate of drug-likeness (QED) is 0.779. The number of anilines is 1. The molecule has 122 valence electrons. The molecule has 6 nitrogen and oxygen atoms in total. The highest BCUT2D eigenvalue weighted by molar-refractivity contribution is 5.53. The van der Waals surface area contributed by atoms with Crippen molar-refractivity contribution < 1.29 is 9.26 Å². The predicted molar refractivity (Wildman–Crippen MR) is 89.4 cm³/mol. The molecule has 3 aromatic rings. The SMILES string of the molecule is c1ccc(-c2nc(N[C@H]3COC[C@H]3Cc3ccncc3)no2)cc1. The highest BCUT2D eigenvalue weighted by atomic mass is 16.5. The fourth-order valence-electron chi connectivity index (χ4n) is 2.93. The number of nitrogens with zero attached hydrogens (tertiary/aromatic N) is 3. The van der Waals surface area contributed by atoms with Crippen LogP contribution in [-0.2, 0) is 11.2 Å². The Labute approximate surface area is 139 Å². The summed E-state index contributed by atoms with van der Waals surface area (Å²) >= 11 is 0. The lowest BCUT2D eigenvalue weighted by molar-refractivity contribution is 0.185. The number of benzene rings is 1. The van der Waals surface area contributed by atoms with Gasteiger partial charge in [0.15, 0.2) is 0 Å². The number of hydrogen-bond donors (Lipinski definition) is 1. The fraction of sp³-hybridized carbons (Fsp3) is 0.278. The zero-order chi connectivity index (χ0) is 16.2. The maximum absolute atomic E-state index is 5.64. The zero-order valence-electron chi connectivity index (χ0n) is 13.1. The van der Waals surface area contributed by atoms with Gasteiger partial charge in [-0.25, -0.2) is 0 Å². The van der Waals surface area contributed by atoms with E-state index in [1.54, 1.807) is 0 Å². The molecule has 4 rings (SSSR count). The second-order valence-corrected chi connectivity index (χ2v) is 5.90. The Balaban J connectivity index is 1.44. The third kappa shape index (κ3) is 3.28. The first-order valence-electron chi connectivity index (χ1n) is 8.01. The van der Waals surface area contributed by atoms with E-state index >= 15 is 0 Å². The Hall–Kier alpha value is -2.73. The van der Waals surface area contributed by atoms with Crippen LogP contribution < -0.4 is 5.32 Å². The predicted octanol–water partition coefficient (Wildman–Crippen LogP) is 2.80. The van der Waals surface area contributed by atoms with Crippen LogP contribution in [0.1, 0.15) is 5.56 Å². The summed E-state index contributed by atoms with van der Waals surface area (Å²) in [6.07, 6.45) is 4.57. The number of aromatic nitrogens is 3. The minimum atomic E-state index is 0.166. The third-order valence-corrected chi connectivity index (χ3v) is 4.21. The van der Waals surface area contributed by atoms with Crippen LogP contribution in [0.25, 0.3) is 11.5 Å². The number of hydrogen-bond acceptors (Lipinski definition) is 6. The molecule has 0 spiro atoms. The van der Waals surface area contributed by atoms with Gasteiger partial charge in [-0.05, 0) is 41.4 Å². The van der Waals surface area contributed by atoms with Crippen LogP contribution in [0.4, 0.5) is 5.95 Å². The van der Waals surface area contributed by atoms with Crippen molar-refractivity contribution >= 4 is 5.95 Å². The molecule has 0 bridgehead atoms. The van der Waals surface area contributed by atoms with Crippen LogP contribution >= 0.6 is 0 Å². The summed E-state index contributed by atoms with van der Waals surface area (Å²) < 4.78 is 11.0. The van der Waals surface area contributed by atoms with E-state index < -0.39 is 0 Å². The lowest BCUT2D eigenvalue weighted by Crippen LogP contribution is -2.29. The number of ether oxygens (including phenoxy) is 1. The second-order valence-electron chi connectivity index (χ2n) is 5.90. The molecule has 1 aliphatic rings. The fourth-order valence-corrected chi connectivity index (χ4v) is 2.93. The third-order valence-electron chi connectivity index (χ3n) is 4.21. The molecule has 2 aromatic heterocycles. The molecule has 2 atom stereocenters. The van der Waals surface area contributed by atoms with Crippen molar-refractivity contribution in [1.29, 1.82) is 0 Å². The molecule has 1 aliphatic heterocycles. The van der Waals surface area contributed by atoms with Crippen molar-refractivity contribution in [3.8, 4) is 11.5 Å². The average Bonchev–Trinajstić information content (AvgIpc) is 3.27. The molecule has 0 radical (unpaired) electrons. The van der Waals surface area contributed by atoms with Gasteiger partial charge in [-0.3, -0.25) is 4.98 Å². The van der Waals surface area contributed by atoms with Crippen LogP contribution in [0.15, 0.2) is 59.4 Å². The molecule has 0 saturated carbocycles. The minimum Gasteiger partial charge on any atom is -0.379 e. The first kappa shape index (κ1) is 14.8. The van der Waals surface area contributed by atoms with E-state index in [1.807, 2.05) is 54.9 Å². The standard InChI is InChI=1S/C18H18N4O2/c1-2-4-14(5-3-1)17-21-18(22-24-17)20-16-12-23-11-15(16)10-13-6-8-19-9-7-13/h1-9,15-16H,10-12H2,(H,20,22)/t15-,16+/m1/s1. The summed E-state index contributed by atoms with van der Waals surface area (Å²) in [5, 5.41) is 7.38. The maximum atomic E-state index is 5.64. The van der Waals surface area contributed by atoms with Crippen LogP contribution in [0.3, 0.4) is 0 Å². The first-order valence-corrected chi connectivity index (χ1v) is 8.01. The van der Waals surface area contributed by atoms with Crippen LogP contribution in [0.2, 0.25) is 0 Å². The molecule has 6 heteroatoms. The van der Waals surface area contributed by atoms with Gasteiger partial charge in [0.1, 0.15) is 0 Å². The topological polar surface area (TPSA) is 73.1 Å². The van der Waals surface area contributed by atoms with Crippen molar-refractivity contribution in [3.63, 3.8) is 0 Å². The van der Waals surface area contributed by atoms with Crippen LogP contribution in [-0.4, -0.2) is 34.4 Å². The summed E-state index contributed by atoms with van der Waals surface area (Å²) in [7, 11) is 0. The molecule has 1 aromatic carbocycles. The van der Waals surface area contributed by atoms with E-state index in [0.717, 1.165) is 18.6 Å². The monoisotopic (exact) mass is 322 g/mol. The van der Waals surface area contributed by atoms with E-state index in [9.17, 15) is 0 Å². The van der Waals surface area contributed by atoms with Gasteiger partial charge in [-0.2, -0.15) is 4.98 Å². The molecular weight excluding hydrogens is 304 g/mol. The Morgan fingerprint density at radius 3 is 2.71 bits per heavy atom. The van der Waals surface area contributed by atoms with Gasteiger partial charge in [-0.1, -0.05) is 18.2 Å². The minimum absolute atomic E-state index is 0.166. The normalized spacial score (nSPS) is 20.2. The molecular formula is C18H18N4O2. The zero-order valence-corrected chi connectivity index (χ0v) is 13.1.